The summed E-state index contributed by atoms with van der Waals surface area (Å²) in [5.74, 6) is -1.24. The number of carboxylic acids is 1. The molecule has 0 bridgehead atoms. The SMILES string of the molecule is Cc1ccc2nc(C(=O)N3CCCC[C@@H]3C(=O)O)cn2c1. The first-order chi connectivity index (χ1) is 10.1. The highest BCUT2D eigenvalue weighted by Gasteiger charge is 2.33. The van der Waals surface area contributed by atoms with E-state index in [4.69, 9.17) is 0 Å². The van der Waals surface area contributed by atoms with E-state index < -0.39 is 12.0 Å². The van der Waals surface area contributed by atoms with Crippen LogP contribution in [-0.2, 0) is 4.79 Å². The Bertz CT molecular complexity index is 707. The van der Waals surface area contributed by atoms with Crippen LogP contribution in [0.4, 0.5) is 0 Å². The zero-order valence-electron chi connectivity index (χ0n) is 11.8. The summed E-state index contributed by atoms with van der Waals surface area (Å²) in [6, 6.07) is 3.03. The number of rotatable bonds is 2. The number of likely N-dealkylation sites (tertiary alicyclic amines) is 1. The van der Waals surface area contributed by atoms with Crippen molar-refractivity contribution in [3.8, 4) is 0 Å². The zero-order chi connectivity index (χ0) is 15.0. The number of imidazole rings is 1. The normalized spacial score (nSPS) is 18.9. The Kier molecular flexibility index (Phi) is 3.37. The third kappa shape index (κ3) is 2.49. The maximum absolute atomic E-state index is 12.6. The second kappa shape index (κ2) is 5.20. The second-order valence-electron chi connectivity index (χ2n) is 5.45. The first-order valence-corrected chi connectivity index (χ1v) is 7.05. The van der Waals surface area contributed by atoms with E-state index in [0.717, 1.165) is 18.4 Å². The van der Waals surface area contributed by atoms with Gasteiger partial charge >= 0.3 is 5.97 Å². The lowest BCUT2D eigenvalue weighted by Crippen LogP contribution is -2.48. The third-order valence-corrected chi connectivity index (χ3v) is 3.87. The summed E-state index contributed by atoms with van der Waals surface area (Å²) in [4.78, 5) is 29.6. The molecule has 1 aliphatic heterocycles. The highest BCUT2D eigenvalue weighted by Crippen LogP contribution is 2.20. The molecule has 6 heteroatoms. The standard InChI is InChI=1S/C15H17N3O3/c1-10-5-6-13-16-11(9-17(13)8-10)14(19)18-7-3-2-4-12(18)15(20)21/h5-6,8-9,12H,2-4,7H2,1H3,(H,20,21)/t12-/m1/s1. The molecular formula is C15H17N3O3. The molecule has 1 N–H and O–H groups in total. The van der Waals surface area contributed by atoms with Crippen molar-refractivity contribution in [3.05, 3.63) is 35.8 Å². The van der Waals surface area contributed by atoms with E-state index in [1.807, 2.05) is 25.3 Å². The van der Waals surface area contributed by atoms with E-state index in [1.54, 1.807) is 10.6 Å². The largest absolute Gasteiger partial charge is 0.480 e. The van der Waals surface area contributed by atoms with Crippen molar-refractivity contribution in [2.75, 3.05) is 6.54 Å². The fourth-order valence-corrected chi connectivity index (χ4v) is 2.78. The van der Waals surface area contributed by atoms with Crippen molar-refractivity contribution in [1.82, 2.24) is 14.3 Å². The van der Waals surface area contributed by atoms with Gasteiger partial charge in [0.1, 0.15) is 17.4 Å². The number of fused-ring (bicyclic) bond motifs is 1. The molecule has 2 aromatic rings. The third-order valence-electron chi connectivity index (χ3n) is 3.87. The zero-order valence-corrected chi connectivity index (χ0v) is 11.8. The van der Waals surface area contributed by atoms with Crippen LogP contribution in [0, 0.1) is 6.92 Å². The molecule has 0 aromatic carbocycles. The first kappa shape index (κ1) is 13.6. The Balaban J connectivity index is 1.93. The molecule has 3 rings (SSSR count). The van der Waals surface area contributed by atoms with E-state index in [-0.39, 0.29) is 5.91 Å². The van der Waals surface area contributed by atoms with Crippen molar-refractivity contribution < 1.29 is 14.7 Å². The number of pyridine rings is 1. The molecule has 21 heavy (non-hydrogen) atoms. The highest BCUT2D eigenvalue weighted by atomic mass is 16.4. The van der Waals surface area contributed by atoms with Crippen LogP contribution >= 0.6 is 0 Å². The Morgan fingerprint density at radius 1 is 1.29 bits per heavy atom. The number of carbonyl (C=O) groups excluding carboxylic acids is 1. The molecule has 2 aromatic heterocycles. The van der Waals surface area contributed by atoms with Gasteiger partial charge in [-0.15, -0.1) is 0 Å². The van der Waals surface area contributed by atoms with Crippen LogP contribution in [-0.4, -0.2) is 43.9 Å². The lowest BCUT2D eigenvalue weighted by Gasteiger charge is -2.32. The van der Waals surface area contributed by atoms with E-state index in [2.05, 4.69) is 4.98 Å². The van der Waals surface area contributed by atoms with Crippen molar-refractivity contribution in [2.24, 2.45) is 0 Å². The summed E-state index contributed by atoms with van der Waals surface area (Å²) in [6.07, 6.45) is 5.74. The number of aliphatic carboxylic acids is 1. The maximum atomic E-state index is 12.6. The molecular weight excluding hydrogens is 270 g/mol. The molecule has 0 radical (unpaired) electrons. The van der Waals surface area contributed by atoms with Gasteiger partial charge in [-0.3, -0.25) is 4.79 Å². The van der Waals surface area contributed by atoms with E-state index >= 15 is 0 Å². The van der Waals surface area contributed by atoms with Crippen molar-refractivity contribution in [2.45, 2.75) is 32.2 Å². The van der Waals surface area contributed by atoms with E-state index in [0.29, 0.717) is 24.3 Å². The molecule has 3 heterocycles. The summed E-state index contributed by atoms with van der Waals surface area (Å²) >= 11 is 0. The van der Waals surface area contributed by atoms with Gasteiger partial charge in [0, 0.05) is 18.9 Å². The molecule has 1 saturated heterocycles. The van der Waals surface area contributed by atoms with E-state index in [1.165, 1.54) is 4.90 Å². The Labute approximate surface area is 122 Å². The maximum Gasteiger partial charge on any atom is 0.326 e. The van der Waals surface area contributed by atoms with E-state index in [9.17, 15) is 14.7 Å². The van der Waals surface area contributed by atoms with Crippen molar-refractivity contribution >= 4 is 17.5 Å². The molecule has 1 fully saturated rings. The highest BCUT2D eigenvalue weighted by molar-refractivity contribution is 5.95. The summed E-state index contributed by atoms with van der Waals surface area (Å²) in [5, 5.41) is 9.26. The topological polar surface area (TPSA) is 74.9 Å². The minimum absolute atomic E-state index is 0.300. The van der Waals surface area contributed by atoms with Crippen LogP contribution in [0.15, 0.2) is 24.5 Å². The van der Waals surface area contributed by atoms with Gasteiger partial charge in [0.25, 0.3) is 5.91 Å². The summed E-state index contributed by atoms with van der Waals surface area (Å²) < 4.78 is 1.79. The number of piperidine rings is 1. The minimum Gasteiger partial charge on any atom is -0.480 e. The molecule has 0 unspecified atom stereocenters. The number of carboxylic acid groups (broad SMARTS) is 1. The van der Waals surface area contributed by atoms with Gasteiger partial charge < -0.3 is 14.4 Å². The predicted octanol–water partition coefficient (Wildman–Crippen LogP) is 1.72. The smallest absolute Gasteiger partial charge is 0.326 e. The molecule has 110 valence electrons. The quantitative estimate of drug-likeness (QED) is 0.912. The van der Waals surface area contributed by atoms with Gasteiger partial charge in [-0.1, -0.05) is 6.07 Å². The monoisotopic (exact) mass is 287 g/mol. The predicted molar refractivity (Wildman–Crippen MR) is 76.2 cm³/mol. The number of amides is 1. The summed E-state index contributed by atoms with van der Waals surface area (Å²) in [5.41, 5.74) is 2.06. The van der Waals surface area contributed by atoms with Crippen molar-refractivity contribution in [1.29, 1.82) is 0 Å². The lowest BCUT2D eigenvalue weighted by molar-refractivity contribution is -0.143. The van der Waals surface area contributed by atoms with Crippen LogP contribution in [0.25, 0.3) is 5.65 Å². The average Bonchev–Trinajstić information content (AvgIpc) is 2.89. The summed E-state index contributed by atoms with van der Waals surface area (Å²) in [6.45, 7) is 2.44. The van der Waals surface area contributed by atoms with Gasteiger partial charge in [-0.2, -0.15) is 0 Å². The van der Waals surface area contributed by atoms with Crippen LogP contribution in [0.2, 0.25) is 0 Å². The number of aryl methyl sites for hydroxylation is 1. The number of nitrogens with zero attached hydrogens (tertiary/aromatic N) is 3. The van der Waals surface area contributed by atoms with Gasteiger partial charge in [0.2, 0.25) is 0 Å². The van der Waals surface area contributed by atoms with Gasteiger partial charge in [-0.25, -0.2) is 9.78 Å². The van der Waals surface area contributed by atoms with Crippen LogP contribution in [0.5, 0.6) is 0 Å². The van der Waals surface area contributed by atoms with Gasteiger partial charge in [0.05, 0.1) is 0 Å². The Hall–Kier alpha value is -2.37. The number of carbonyl (C=O) groups is 2. The number of hydrogen-bond acceptors (Lipinski definition) is 3. The molecule has 0 aliphatic carbocycles. The van der Waals surface area contributed by atoms with Gasteiger partial charge in [-0.05, 0) is 37.8 Å². The molecule has 1 amide bonds. The number of aromatic nitrogens is 2. The molecule has 0 spiro atoms. The minimum atomic E-state index is -0.942. The van der Waals surface area contributed by atoms with Crippen molar-refractivity contribution in [3.63, 3.8) is 0 Å². The number of hydrogen-bond donors (Lipinski definition) is 1. The second-order valence-corrected chi connectivity index (χ2v) is 5.45. The molecule has 1 aliphatic rings. The molecule has 1 atom stereocenters. The fraction of sp³-hybridized carbons (Fsp3) is 0.400. The Morgan fingerprint density at radius 2 is 2.10 bits per heavy atom. The van der Waals surface area contributed by atoms with Crippen LogP contribution in [0.1, 0.15) is 35.3 Å². The average molecular weight is 287 g/mol. The van der Waals surface area contributed by atoms with Gasteiger partial charge in [0.15, 0.2) is 0 Å². The fourth-order valence-electron chi connectivity index (χ4n) is 2.78. The molecule has 0 saturated carbocycles. The van der Waals surface area contributed by atoms with Crippen LogP contribution in [0.3, 0.4) is 0 Å². The Morgan fingerprint density at radius 3 is 2.86 bits per heavy atom. The first-order valence-electron chi connectivity index (χ1n) is 7.05. The molecule has 6 nitrogen and oxygen atoms in total. The summed E-state index contributed by atoms with van der Waals surface area (Å²) in [7, 11) is 0. The van der Waals surface area contributed by atoms with Crippen LogP contribution < -0.4 is 0 Å². The lowest BCUT2D eigenvalue weighted by atomic mass is 10.0.